The van der Waals surface area contributed by atoms with Crippen LogP contribution < -0.4 is 0 Å². The van der Waals surface area contributed by atoms with E-state index in [-0.39, 0.29) is 0 Å². The molecular formula is C54H32N4S2. The summed E-state index contributed by atoms with van der Waals surface area (Å²) in [5, 5.41) is 6.20. The van der Waals surface area contributed by atoms with Gasteiger partial charge in [-0.3, -0.25) is 0 Å². The third-order valence-corrected chi connectivity index (χ3v) is 13.8. The largest absolute Gasteiger partial charge is 0.247 e. The lowest BCUT2D eigenvalue weighted by Crippen LogP contribution is -2.00. The molecule has 0 amide bonds. The van der Waals surface area contributed by atoms with Crippen molar-refractivity contribution in [1.29, 1.82) is 0 Å². The van der Waals surface area contributed by atoms with Crippen LogP contribution in [-0.4, -0.2) is 19.9 Å². The second kappa shape index (κ2) is 14.2. The van der Waals surface area contributed by atoms with Gasteiger partial charge in [-0.2, -0.15) is 0 Å². The molecule has 8 aromatic carbocycles. The monoisotopic (exact) mass is 800 g/mol. The van der Waals surface area contributed by atoms with Crippen LogP contribution in [0.5, 0.6) is 0 Å². The van der Waals surface area contributed by atoms with Crippen LogP contribution in [0.25, 0.3) is 119 Å². The number of nitrogens with zero attached hydrogens (tertiary/aromatic N) is 4. The third-order valence-electron chi connectivity index (χ3n) is 11.4. The highest BCUT2D eigenvalue weighted by Gasteiger charge is 2.18. The van der Waals surface area contributed by atoms with E-state index in [0.29, 0.717) is 17.5 Å². The second-order valence-corrected chi connectivity index (χ2v) is 17.1. The van der Waals surface area contributed by atoms with Crippen LogP contribution in [-0.2, 0) is 0 Å². The van der Waals surface area contributed by atoms with Crippen LogP contribution in [0, 0.1) is 0 Å². The van der Waals surface area contributed by atoms with Crippen molar-refractivity contribution >= 4 is 73.9 Å². The highest BCUT2D eigenvalue weighted by atomic mass is 32.1. The van der Waals surface area contributed by atoms with Gasteiger partial charge in [0.2, 0.25) is 0 Å². The molecule has 0 aliphatic heterocycles. The minimum Gasteiger partial charge on any atom is -0.247 e. The van der Waals surface area contributed by atoms with E-state index in [4.69, 9.17) is 19.9 Å². The maximum absolute atomic E-state index is 5.48. The Morgan fingerprint density at radius 2 is 0.800 bits per heavy atom. The van der Waals surface area contributed by atoms with Crippen LogP contribution in [0.2, 0.25) is 0 Å². The van der Waals surface area contributed by atoms with Crippen LogP contribution in [0.15, 0.2) is 194 Å². The van der Waals surface area contributed by atoms with Crippen molar-refractivity contribution in [2.45, 2.75) is 0 Å². The first-order chi connectivity index (χ1) is 29.7. The van der Waals surface area contributed by atoms with E-state index in [0.717, 1.165) is 50.0 Å². The molecule has 0 unspecified atom stereocenters. The van der Waals surface area contributed by atoms with Gasteiger partial charge in [-0.05, 0) is 40.5 Å². The van der Waals surface area contributed by atoms with Crippen LogP contribution in [0.3, 0.4) is 0 Å². The predicted octanol–water partition coefficient (Wildman–Crippen LogP) is 15.2. The summed E-state index contributed by atoms with van der Waals surface area (Å²) in [6.07, 6.45) is 0. The minimum atomic E-state index is 0.628. The number of benzene rings is 8. The summed E-state index contributed by atoms with van der Waals surface area (Å²) in [5.74, 6) is 1.92. The molecule has 0 aliphatic carbocycles. The number of pyridine rings is 1. The highest BCUT2D eigenvalue weighted by Crippen LogP contribution is 2.44. The lowest BCUT2D eigenvalue weighted by molar-refractivity contribution is 1.07. The molecule has 6 heteroatoms. The van der Waals surface area contributed by atoms with E-state index in [1.54, 1.807) is 0 Å². The molecule has 4 aromatic heterocycles. The van der Waals surface area contributed by atoms with E-state index in [2.05, 4.69) is 133 Å². The molecule has 0 atom stereocenters. The van der Waals surface area contributed by atoms with E-state index in [9.17, 15) is 0 Å². The fourth-order valence-electron chi connectivity index (χ4n) is 8.38. The molecule has 4 heterocycles. The van der Waals surface area contributed by atoms with Crippen LogP contribution in [0.4, 0.5) is 0 Å². The first-order valence-corrected chi connectivity index (χ1v) is 21.6. The fraction of sp³-hybridized carbons (Fsp3) is 0. The van der Waals surface area contributed by atoms with Gasteiger partial charge >= 0.3 is 0 Å². The zero-order valence-corrected chi connectivity index (χ0v) is 33.7. The summed E-state index contributed by atoms with van der Waals surface area (Å²) < 4.78 is 5.15. The van der Waals surface area contributed by atoms with Crippen molar-refractivity contribution in [3.8, 4) is 67.7 Å². The molecule has 4 nitrogen and oxygen atoms in total. The Morgan fingerprint density at radius 1 is 0.300 bits per heavy atom. The van der Waals surface area contributed by atoms with Crippen LogP contribution in [0.1, 0.15) is 0 Å². The summed E-state index contributed by atoms with van der Waals surface area (Å²) in [6, 6.07) is 68.5. The highest BCUT2D eigenvalue weighted by molar-refractivity contribution is 7.27. The Kier molecular flexibility index (Phi) is 8.18. The summed E-state index contributed by atoms with van der Waals surface area (Å²) in [5.41, 5.74) is 10.6. The van der Waals surface area contributed by atoms with Crippen molar-refractivity contribution < 1.29 is 0 Å². The van der Waals surface area contributed by atoms with E-state index in [1.807, 2.05) is 83.3 Å². The Balaban J connectivity index is 0.951. The number of fused-ring (bicyclic) bond motifs is 8. The van der Waals surface area contributed by atoms with Gasteiger partial charge in [-0.25, -0.2) is 19.9 Å². The van der Waals surface area contributed by atoms with Gasteiger partial charge in [0.25, 0.3) is 0 Å². The predicted molar refractivity (Wildman–Crippen MR) is 254 cm³/mol. The molecule has 0 N–H and O–H groups in total. The van der Waals surface area contributed by atoms with Gasteiger partial charge in [0.15, 0.2) is 17.5 Å². The van der Waals surface area contributed by atoms with Crippen molar-refractivity contribution in [2.75, 3.05) is 0 Å². The average molecular weight is 801 g/mol. The van der Waals surface area contributed by atoms with Crippen molar-refractivity contribution in [2.24, 2.45) is 0 Å². The zero-order chi connectivity index (χ0) is 39.6. The Labute approximate surface area is 353 Å². The smallest absolute Gasteiger partial charge is 0.164 e. The Bertz CT molecular complexity index is 3520. The number of thiophene rings is 2. The van der Waals surface area contributed by atoms with E-state index < -0.39 is 0 Å². The van der Waals surface area contributed by atoms with E-state index in [1.165, 1.54) is 51.5 Å². The normalized spacial score (nSPS) is 11.7. The maximum Gasteiger partial charge on any atom is 0.164 e. The van der Waals surface area contributed by atoms with E-state index >= 15 is 0 Å². The number of aromatic nitrogens is 4. The van der Waals surface area contributed by atoms with Gasteiger partial charge < -0.3 is 0 Å². The molecule has 0 spiro atoms. The summed E-state index contributed by atoms with van der Waals surface area (Å²) in [4.78, 5) is 20.3. The number of hydrogen-bond acceptors (Lipinski definition) is 6. The third kappa shape index (κ3) is 5.88. The van der Waals surface area contributed by atoms with Crippen molar-refractivity contribution in [1.82, 2.24) is 19.9 Å². The molecule has 0 aliphatic rings. The number of hydrogen-bond donors (Lipinski definition) is 0. The lowest BCUT2D eigenvalue weighted by Gasteiger charge is -2.11. The molecular weight excluding hydrogens is 769 g/mol. The first-order valence-electron chi connectivity index (χ1n) is 20.0. The summed E-state index contributed by atoms with van der Waals surface area (Å²) in [6.45, 7) is 0. The topological polar surface area (TPSA) is 51.6 Å². The molecule has 0 saturated carbocycles. The zero-order valence-electron chi connectivity index (χ0n) is 32.1. The fourth-order valence-corrected chi connectivity index (χ4v) is 10.9. The minimum absolute atomic E-state index is 0.628. The van der Waals surface area contributed by atoms with Crippen LogP contribution >= 0.6 is 22.7 Å². The maximum atomic E-state index is 5.48. The molecule has 12 aromatic rings. The molecule has 0 fully saturated rings. The molecule has 280 valence electrons. The summed E-state index contributed by atoms with van der Waals surface area (Å²) >= 11 is 3.71. The Morgan fingerprint density at radius 3 is 1.48 bits per heavy atom. The molecule has 0 radical (unpaired) electrons. The molecule has 12 rings (SSSR count). The van der Waals surface area contributed by atoms with Gasteiger partial charge in [0, 0.05) is 68.0 Å². The average Bonchev–Trinajstić information content (AvgIpc) is 3.91. The quantitative estimate of drug-likeness (QED) is 0.168. The van der Waals surface area contributed by atoms with Gasteiger partial charge in [0.05, 0.1) is 11.2 Å². The van der Waals surface area contributed by atoms with Crippen molar-refractivity contribution in [3.05, 3.63) is 194 Å². The molecule has 0 bridgehead atoms. The molecule has 60 heavy (non-hydrogen) atoms. The van der Waals surface area contributed by atoms with Gasteiger partial charge in [-0.15, -0.1) is 22.7 Å². The Hall–Kier alpha value is -7.38. The van der Waals surface area contributed by atoms with Gasteiger partial charge in [-0.1, -0.05) is 176 Å². The lowest BCUT2D eigenvalue weighted by atomic mass is 9.97. The summed E-state index contributed by atoms with van der Waals surface area (Å²) in [7, 11) is 0. The SMILES string of the molecule is c1ccc(-c2nc(-c3ccccc3)nc(-c3ccc(-c4nc5cc(-c6ccc(-c7cccc8c7sc7ccccc78)cc6)ccc5c5sc6ccccc6c45)cc3)n2)cc1. The second-order valence-electron chi connectivity index (χ2n) is 15.0. The van der Waals surface area contributed by atoms with Gasteiger partial charge in [0.1, 0.15) is 0 Å². The molecule has 0 saturated heterocycles. The standard InChI is InChI=1S/C54H32N4S2/c1-3-12-36(13-4-1)52-56-53(37-14-5-2-6-15-37)58-54(57-52)38-28-26-35(27-29-38)49-48-44-17-8-10-21-47(44)60-51(48)43-31-30-39(32-45(43)55-49)33-22-24-34(25-23-33)40-18-11-19-42-41-16-7-9-20-46(41)59-50(40)42/h1-32H. The van der Waals surface area contributed by atoms with Crippen molar-refractivity contribution in [3.63, 3.8) is 0 Å². The number of rotatable bonds is 6. The first kappa shape index (κ1) is 34.6.